The molecular formula is C10H9ClN4. The van der Waals surface area contributed by atoms with Crippen molar-refractivity contribution in [2.45, 2.75) is 18.8 Å². The molecule has 1 aliphatic rings. The van der Waals surface area contributed by atoms with Crippen LogP contribution in [0.15, 0.2) is 24.5 Å². The molecule has 2 aromatic heterocycles. The molecule has 0 unspecified atom stereocenters. The average molecular weight is 221 g/mol. The molecule has 1 aliphatic carbocycles. The van der Waals surface area contributed by atoms with Gasteiger partial charge in [0.25, 0.3) is 0 Å². The minimum absolute atomic E-state index is 0.407. The van der Waals surface area contributed by atoms with Crippen LogP contribution in [0.3, 0.4) is 0 Å². The summed E-state index contributed by atoms with van der Waals surface area (Å²) in [6.07, 6.45) is 5.85. The van der Waals surface area contributed by atoms with Crippen molar-refractivity contribution >= 4 is 11.6 Å². The van der Waals surface area contributed by atoms with E-state index in [-0.39, 0.29) is 0 Å². The van der Waals surface area contributed by atoms with Crippen molar-refractivity contribution < 1.29 is 0 Å². The van der Waals surface area contributed by atoms with Crippen LogP contribution in [-0.4, -0.2) is 19.7 Å². The van der Waals surface area contributed by atoms with E-state index in [4.69, 9.17) is 11.6 Å². The van der Waals surface area contributed by atoms with Crippen LogP contribution in [0.4, 0.5) is 0 Å². The Balaban J connectivity index is 2.13. The Morgan fingerprint density at radius 1 is 1.33 bits per heavy atom. The first-order valence-corrected chi connectivity index (χ1v) is 5.25. The van der Waals surface area contributed by atoms with E-state index in [1.807, 2.05) is 16.7 Å². The number of halogens is 1. The van der Waals surface area contributed by atoms with Crippen molar-refractivity contribution in [2.75, 3.05) is 0 Å². The number of hydrogen-bond acceptors (Lipinski definition) is 3. The highest BCUT2D eigenvalue weighted by Gasteiger charge is 2.30. The van der Waals surface area contributed by atoms with Crippen LogP contribution in [0.1, 0.15) is 24.6 Å². The van der Waals surface area contributed by atoms with Gasteiger partial charge in [0.15, 0.2) is 0 Å². The van der Waals surface area contributed by atoms with Gasteiger partial charge in [-0.05, 0) is 36.6 Å². The maximum atomic E-state index is 6.01. The number of nitrogens with zero attached hydrogens (tertiary/aromatic N) is 4. The Kier molecular flexibility index (Phi) is 1.95. The fraction of sp³-hybridized carbons (Fsp3) is 0.300. The van der Waals surface area contributed by atoms with Crippen LogP contribution < -0.4 is 0 Å². The normalized spacial score (nSPS) is 15.5. The van der Waals surface area contributed by atoms with Crippen molar-refractivity contribution in [1.82, 2.24) is 19.7 Å². The minimum Gasteiger partial charge on any atom is -0.268 e. The van der Waals surface area contributed by atoms with E-state index < -0.39 is 0 Å². The van der Waals surface area contributed by atoms with Crippen molar-refractivity contribution in [1.29, 1.82) is 0 Å². The molecule has 0 amide bonds. The summed E-state index contributed by atoms with van der Waals surface area (Å²) in [5.74, 6) is 1.47. The van der Waals surface area contributed by atoms with Crippen molar-refractivity contribution in [3.63, 3.8) is 0 Å². The van der Waals surface area contributed by atoms with E-state index in [1.165, 1.54) is 12.8 Å². The zero-order chi connectivity index (χ0) is 10.3. The van der Waals surface area contributed by atoms with Gasteiger partial charge in [-0.3, -0.25) is 9.55 Å². The van der Waals surface area contributed by atoms with Crippen LogP contribution >= 0.6 is 11.6 Å². The zero-order valence-electron chi connectivity index (χ0n) is 7.97. The smallest absolute Gasteiger partial charge is 0.229 e. The summed E-state index contributed by atoms with van der Waals surface area (Å²) in [5.41, 5.74) is 0.925. The van der Waals surface area contributed by atoms with Gasteiger partial charge in [-0.1, -0.05) is 0 Å². The average Bonchev–Trinajstić information content (AvgIpc) is 3.04. The molecule has 5 heteroatoms. The van der Waals surface area contributed by atoms with Gasteiger partial charge in [0.1, 0.15) is 5.82 Å². The molecule has 0 atom stereocenters. The van der Waals surface area contributed by atoms with Crippen molar-refractivity contribution in [3.8, 4) is 5.69 Å². The molecule has 2 aromatic rings. The Hall–Kier alpha value is -1.42. The maximum absolute atomic E-state index is 6.01. The molecule has 0 N–H and O–H groups in total. The zero-order valence-corrected chi connectivity index (χ0v) is 8.72. The van der Waals surface area contributed by atoms with Gasteiger partial charge in [0.2, 0.25) is 5.28 Å². The van der Waals surface area contributed by atoms with Crippen LogP contribution in [-0.2, 0) is 0 Å². The molecule has 0 saturated heterocycles. The highest BCUT2D eigenvalue weighted by molar-refractivity contribution is 6.28. The third-order valence-electron chi connectivity index (χ3n) is 2.50. The first-order chi connectivity index (χ1) is 7.36. The molecule has 1 fully saturated rings. The van der Waals surface area contributed by atoms with Crippen LogP contribution in [0, 0.1) is 0 Å². The van der Waals surface area contributed by atoms with E-state index in [0.29, 0.717) is 11.2 Å². The number of aromatic nitrogens is 4. The largest absolute Gasteiger partial charge is 0.268 e. The van der Waals surface area contributed by atoms with Crippen LogP contribution in [0.5, 0.6) is 0 Å². The summed E-state index contributed by atoms with van der Waals surface area (Å²) in [6.45, 7) is 0. The Bertz CT molecular complexity index is 475. The van der Waals surface area contributed by atoms with Gasteiger partial charge in [0, 0.05) is 12.1 Å². The molecule has 2 heterocycles. The maximum Gasteiger partial charge on any atom is 0.229 e. The van der Waals surface area contributed by atoms with Crippen molar-refractivity contribution in [3.05, 3.63) is 35.6 Å². The fourth-order valence-electron chi connectivity index (χ4n) is 1.61. The lowest BCUT2D eigenvalue weighted by Crippen LogP contribution is -2.00. The van der Waals surface area contributed by atoms with Gasteiger partial charge in [-0.15, -0.1) is 10.2 Å². The summed E-state index contributed by atoms with van der Waals surface area (Å²) < 4.78 is 1.87. The molecule has 15 heavy (non-hydrogen) atoms. The molecular weight excluding hydrogens is 212 g/mol. The summed E-state index contributed by atoms with van der Waals surface area (Å²) in [4.78, 5) is 4.07. The summed E-state index contributed by atoms with van der Waals surface area (Å²) in [5, 5.41) is 8.42. The molecule has 3 rings (SSSR count). The Morgan fingerprint density at radius 2 is 2.20 bits per heavy atom. The summed E-state index contributed by atoms with van der Waals surface area (Å²) in [6, 6.07) is 3.83. The third kappa shape index (κ3) is 1.51. The minimum atomic E-state index is 0.407. The monoisotopic (exact) mass is 220 g/mol. The van der Waals surface area contributed by atoms with Gasteiger partial charge in [-0.25, -0.2) is 0 Å². The van der Waals surface area contributed by atoms with E-state index >= 15 is 0 Å². The number of pyridine rings is 1. The van der Waals surface area contributed by atoms with Crippen LogP contribution in [0.25, 0.3) is 5.69 Å². The molecule has 0 aromatic carbocycles. The lowest BCUT2D eigenvalue weighted by molar-refractivity contribution is 0.868. The van der Waals surface area contributed by atoms with Crippen molar-refractivity contribution in [2.24, 2.45) is 0 Å². The highest BCUT2D eigenvalue weighted by atomic mass is 35.5. The van der Waals surface area contributed by atoms with Gasteiger partial charge in [0.05, 0.1) is 11.9 Å². The third-order valence-corrected chi connectivity index (χ3v) is 2.74. The number of rotatable bonds is 2. The number of hydrogen-bond donors (Lipinski definition) is 0. The molecule has 4 nitrogen and oxygen atoms in total. The molecule has 0 radical (unpaired) electrons. The SMILES string of the molecule is Clc1nnc(C2CC2)n1-c1cccnc1. The lowest BCUT2D eigenvalue weighted by Gasteiger charge is -2.05. The topological polar surface area (TPSA) is 43.6 Å². The Morgan fingerprint density at radius 3 is 2.87 bits per heavy atom. The lowest BCUT2D eigenvalue weighted by atomic mass is 10.3. The highest BCUT2D eigenvalue weighted by Crippen LogP contribution is 2.40. The van der Waals surface area contributed by atoms with Crippen LogP contribution in [0.2, 0.25) is 5.28 Å². The molecule has 1 saturated carbocycles. The second kappa shape index (κ2) is 3.31. The van der Waals surface area contributed by atoms with Gasteiger partial charge in [-0.2, -0.15) is 0 Å². The predicted molar refractivity (Wildman–Crippen MR) is 56.1 cm³/mol. The standard InChI is InChI=1S/C10H9ClN4/c11-10-14-13-9(7-3-4-7)15(10)8-2-1-5-12-6-8/h1-2,5-7H,3-4H2. The molecule has 0 aliphatic heterocycles. The molecule has 0 bridgehead atoms. The van der Waals surface area contributed by atoms with Gasteiger partial charge >= 0.3 is 0 Å². The van der Waals surface area contributed by atoms with E-state index in [1.54, 1.807) is 12.4 Å². The summed E-state index contributed by atoms with van der Waals surface area (Å²) in [7, 11) is 0. The quantitative estimate of drug-likeness (QED) is 0.779. The van der Waals surface area contributed by atoms with E-state index in [0.717, 1.165) is 11.5 Å². The fourth-order valence-corrected chi connectivity index (χ4v) is 1.83. The second-order valence-electron chi connectivity index (χ2n) is 3.65. The molecule has 76 valence electrons. The van der Waals surface area contributed by atoms with E-state index in [2.05, 4.69) is 15.2 Å². The molecule has 0 spiro atoms. The first-order valence-electron chi connectivity index (χ1n) is 4.87. The Labute approximate surface area is 91.9 Å². The second-order valence-corrected chi connectivity index (χ2v) is 3.99. The predicted octanol–water partition coefficient (Wildman–Crippen LogP) is 2.19. The first kappa shape index (κ1) is 8.85. The van der Waals surface area contributed by atoms with E-state index in [9.17, 15) is 0 Å². The summed E-state index contributed by atoms with van der Waals surface area (Å²) >= 11 is 6.01. The van der Waals surface area contributed by atoms with Gasteiger partial charge < -0.3 is 0 Å².